The number of hydrogen-bond acceptors (Lipinski definition) is 4. The van der Waals surface area contributed by atoms with Crippen molar-refractivity contribution >= 4 is 35.1 Å². The van der Waals surface area contributed by atoms with Gasteiger partial charge in [0.25, 0.3) is 5.91 Å². The molecule has 0 unspecified atom stereocenters. The fourth-order valence-corrected chi connectivity index (χ4v) is 1.76. The minimum Gasteiger partial charge on any atom is -0.398 e. The molecule has 0 radical (unpaired) electrons. The number of benzene rings is 2. The molecule has 0 aliphatic rings. The van der Waals surface area contributed by atoms with Gasteiger partial charge in [-0.3, -0.25) is 4.79 Å². The number of nitrogen functional groups attached to an aromatic ring is 2. The SMILES string of the molecule is Nc1ccc(Cl)cc1C=NNC(=O)c1ccccc1N. The van der Waals surface area contributed by atoms with Crippen LogP contribution in [0.25, 0.3) is 0 Å². The second-order valence-electron chi connectivity index (χ2n) is 4.06. The third-order valence-corrected chi connectivity index (χ3v) is 2.86. The van der Waals surface area contributed by atoms with E-state index < -0.39 is 0 Å². The third kappa shape index (κ3) is 3.27. The monoisotopic (exact) mass is 288 g/mol. The van der Waals surface area contributed by atoms with Crippen molar-refractivity contribution in [2.24, 2.45) is 5.10 Å². The molecule has 0 aromatic heterocycles. The van der Waals surface area contributed by atoms with Crippen molar-refractivity contribution in [3.8, 4) is 0 Å². The van der Waals surface area contributed by atoms with Crippen LogP contribution in [0.4, 0.5) is 11.4 Å². The highest BCUT2D eigenvalue weighted by Gasteiger charge is 2.07. The van der Waals surface area contributed by atoms with Crippen LogP contribution in [-0.4, -0.2) is 12.1 Å². The Labute approximate surface area is 121 Å². The second kappa shape index (κ2) is 6.08. The minimum absolute atomic E-state index is 0.365. The maximum Gasteiger partial charge on any atom is 0.273 e. The highest BCUT2D eigenvalue weighted by molar-refractivity contribution is 6.31. The molecule has 0 aliphatic heterocycles. The first-order chi connectivity index (χ1) is 9.58. The lowest BCUT2D eigenvalue weighted by molar-refractivity contribution is 0.0956. The third-order valence-electron chi connectivity index (χ3n) is 2.62. The number of hydrogen-bond donors (Lipinski definition) is 3. The lowest BCUT2D eigenvalue weighted by atomic mass is 10.2. The first-order valence-corrected chi connectivity index (χ1v) is 6.18. The number of rotatable bonds is 3. The molecule has 0 aliphatic carbocycles. The van der Waals surface area contributed by atoms with Gasteiger partial charge in [-0.15, -0.1) is 0 Å². The van der Waals surface area contributed by atoms with Crippen molar-refractivity contribution in [1.82, 2.24) is 5.43 Å². The van der Waals surface area contributed by atoms with E-state index in [0.29, 0.717) is 27.5 Å². The van der Waals surface area contributed by atoms with E-state index in [1.807, 2.05) is 0 Å². The van der Waals surface area contributed by atoms with E-state index >= 15 is 0 Å². The van der Waals surface area contributed by atoms with E-state index in [1.165, 1.54) is 6.21 Å². The predicted molar refractivity (Wildman–Crippen MR) is 81.8 cm³/mol. The Kier molecular flexibility index (Phi) is 4.22. The summed E-state index contributed by atoms with van der Waals surface area (Å²) in [4.78, 5) is 11.8. The van der Waals surface area contributed by atoms with Gasteiger partial charge in [-0.1, -0.05) is 23.7 Å². The predicted octanol–water partition coefficient (Wildman–Crippen LogP) is 2.27. The summed E-state index contributed by atoms with van der Waals surface area (Å²) in [5, 5.41) is 4.38. The molecule has 1 amide bonds. The highest BCUT2D eigenvalue weighted by atomic mass is 35.5. The van der Waals surface area contributed by atoms with Crippen LogP contribution >= 0.6 is 11.6 Å². The topological polar surface area (TPSA) is 93.5 Å². The lowest BCUT2D eigenvalue weighted by Crippen LogP contribution is -2.19. The summed E-state index contributed by atoms with van der Waals surface area (Å²) in [6.07, 6.45) is 1.43. The highest BCUT2D eigenvalue weighted by Crippen LogP contribution is 2.16. The molecule has 5 N–H and O–H groups in total. The molecule has 0 bridgehead atoms. The van der Waals surface area contributed by atoms with Gasteiger partial charge in [0.1, 0.15) is 0 Å². The Morgan fingerprint density at radius 2 is 1.90 bits per heavy atom. The molecule has 0 atom stereocenters. The van der Waals surface area contributed by atoms with Crippen LogP contribution in [0.15, 0.2) is 47.6 Å². The first kappa shape index (κ1) is 13.9. The Balaban J connectivity index is 2.09. The summed E-state index contributed by atoms with van der Waals surface area (Å²) in [6.45, 7) is 0. The van der Waals surface area contributed by atoms with Gasteiger partial charge in [-0.25, -0.2) is 5.43 Å². The number of para-hydroxylation sites is 1. The van der Waals surface area contributed by atoms with Crippen LogP contribution in [0.3, 0.4) is 0 Å². The molecule has 2 aromatic rings. The number of nitrogens with one attached hydrogen (secondary N) is 1. The molecule has 20 heavy (non-hydrogen) atoms. The quantitative estimate of drug-likeness (QED) is 0.459. The number of nitrogens with zero attached hydrogens (tertiary/aromatic N) is 1. The summed E-state index contributed by atoms with van der Waals surface area (Å²) in [5.41, 5.74) is 15.7. The van der Waals surface area contributed by atoms with Crippen LogP contribution in [0.5, 0.6) is 0 Å². The van der Waals surface area contributed by atoms with Crippen LogP contribution in [0.2, 0.25) is 5.02 Å². The van der Waals surface area contributed by atoms with Crippen LogP contribution in [0.1, 0.15) is 15.9 Å². The number of halogens is 1. The van der Waals surface area contributed by atoms with Crippen LogP contribution in [0, 0.1) is 0 Å². The molecular weight excluding hydrogens is 276 g/mol. The summed E-state index contributed by atoms with van der Waals surface area (Å²) >= 11 is 5.85. The number of carbonyl (C=O) groups excluding carboxylic acids is 1. The van der Waals surface area contributed by atoms with Crippen molar-refractivity contribution in [3.63, 3.8) is 0 Å². The second-order valence-corrected chi connectivity index (χ2v) is 4.50. The van der Waals surface area contributed by atoms with Crippen LogP contribution in [-0.2, 0) is 0 Å². The number of nitrogens with two attached hydrogens (primary N) is 2. The molecule has 0 spiro atoms. The van der Waals surface area contributed by atoms with Crippen molar-refractivity contribution in [3.05, 3.63) is 58.6 Å². The molecule has 6 heteroatoms. The Morgan fingerprint density at radius 1 is 1.15 bits per heavy atom. The molecule has 102 valence electrons. The van der Waals surface area contributed by atoms with Crippen molar-refractivity contribution in [2.45, 2.75) is 0 Å². The van der Waals surface area contributed by atoms with E-state index in [4.69, 9.17) is 23.1 Å². The van der Waals surface area contributed by atoms with Crippen molar-refractivity contribution < 1.29 is 4.79 Å². The zero-order valence-electron chi connectivity index (χ0n) is 10.5. The molecule has 0 heterocycles. The molecule has 0 fully saturated rings. The van der Waals surface area contributed by atoms with Crippen molar-refractivity contribution in [2.75, 3.05) is 11.5 Å². The maximum atomic E-state index is 11.8. The standard InChI is InChI=1S/C14H13ClN4O/c15-10-5-6-12(16)9(7-10)8-18-19-14(20)11-3-1-2-4-13(11)17/h1-8H,16-17H2,(H,19,20). The number of carbonyl (C=O) groups is 1. The summed E-state index contributed by atoms with van der Waals surface area (Å²) in [7, 11) is 0. The molecular formula is C14H13ClN4O. The normalized spacial score (nSPS) is 10.7. The lowest BCUT2D eigenvalue weighted by Gasteiger charge is -2.03. The van der Waals surface area contributed by atoms with E-state index in [-0.39, 0.29) is 5.91 Å². The number of anilines is 2. The average molecular weight is 289 g/mol. The molecule has 0 saturated heterocycles. The zero-order chi connectivity index (χ0) is 14.5. The van der Waals surface area contributed by atoms with Gasteiger partial charge in [-0.2, -0.15) is 5.10 Å². The summed E-state index contributed by atoms with van der Waals surface area (Å²) < 4.78 is 0. The first-order valence-electron chi connectivity index (χ1n) is 5.81. The van der Waals surface area contributed by atoms with Gasteiger partial charge in [0.15, 0.2) is 0 Å². The fourth-order valence-electron chi connectivity index (χ4n) is 1.58. The van der Waals surface area contributed by atoms with E-state index in [1.54, 1.807) is 42.5 Å². The molecule has 2 rings (SSSR count). The molecule has 0 saturated carbocycles. The summed E-state index contributed by atoms with van der Waals surface area (Å²) in [6, 6.07) is 11.7. The van der Waals surface area contributed by atoms with E-state index in [0.717, 1.165) is 0 Å². The zero-order valence-corrected chi connectivity index (χ0v) is 11.3. The Bertz CT molecular complexity index is 670. The number of amides is 1. The van der Waals surface area contributed by atoms with Gasteiger partial charge in [0.05, 0.1) is 11.8 Å². The molecule has 5 nitrogen and oxygen atoms in total. The summed E-state index contributed by atoms with van der Waals surface area (Å²) in [5.74, 6) is -0.389. The van der Waals surface area contributed by atoms with Gasteiger partial charge in [0.2, 0.25) is 0 Å². The fraction of sp³-hybridized carbons (Fsp3) is 0. The van der Waals surface area contributed by atoms with Crippen LogP contribution < -0.4 is 16.9 Å². The Morgan fingerprint density at radius 3 is 2.65 bits per heavy atom. The average Bonchev–Trinajstić information content (AvgIpc) is 2.43. The van der Waals surface area contributed by atoms with Gasteiger partial charge < -0.3 is 11.5 Å². The smallest absolute Gasteiger partial charge is 0.273 e. The molecule has 2 aromatic carbocycles. The van der Waals surface area contributed by atoms with E-state index in [9.17, 15) is 4.79 Å². The van der Waals surface area contributed by atoms with E-state index in [2.05, 4.69) is 10.5 Å². The number of hydrazone groups is 1. The van der Waals surface area contributed by atoms with Gasteiger partial charge in [-0.05, 0) is 30.3 Å². The van der Waals surface area contributed by atoms with Gasteiger partial charge in [0, 0.05) is 22.0 Å². The van der Waals surface area contributed by atoms with Crippen molar-refractivity contribution in [1.29, 1.82) is 0 Å². The maximum absolute atomic E-state index is 11.8. The van der Waals surface area contributed by atoms with Gasteiger partial charge >= 0.3 is 0 Å². The Hall–Kier alpha value is -2.53. The largest absolute Gasteiger partial charge is 0.398 e. The minimum atomic E-state index is -0.389.